The number of amides is 1. The first-order chi connectivity index (χ1) is 13.2. The minimum absolute atomic E-state index is 0.0220. The monoisotopic (exact) mass is 359 g/mol. The lowest BCUT2D eigenvalue weighted by Gasteiger charge is -2.09. The largest absolute Gasteiger partial charge is 0.496 e. The molecule has 0 unspecified atom stereocenters. The summed E-state index contributed by atoms with van der Waals surface area (Å²) in [6.07, 6.45) is 2.59. The van der Waals surface area contributed by atoms with Crippen LogP contribution < -0.4 is 10.1 Å². The lowest BCUT2D eigenvalue weighted by Crippen LogP contribution is -2.14. The van der Waals surface area contributed by atoms with E-state index < -0.39 is 0 Å². The number of hydrogen-bond acceptors (Lipinski definition) is 4. The molecule has 1 aromatic heterocycles. The standard InChI is InChI=1S/C22H21N3O2/c1-14-23-11-10-20(24-14)15-6-5-7-16(12-15)25-22(26)19-13-18(19)17-8-3-4-9-21(17)27-2/h3-12,18-19H,13H2,1-2H3,(H,25,26)/t18-,19-/m1/s1. The van der Waals surface area contributed by atoms with Gasteiger partial charge < -0.3 is 10.1 Å². The third-order valence-electron chi connectivity index (χ3n) is 4.87. The van der Waals surface area contributed by atoms with E-state index in [1.54, 1.807) is 13.3 Å². The number of methoxy groups -OCH3 is 1. The van der Waals surface area contributed by atoms with E-state index in [0.29, 0.717) is 0 Å². The Kier molecular flexibility index (Phi) is 4.59. The maximum absolute atomic E-state index is 12.7. The predicted octanol–water partition coefficient (Wildman–Crippen LogP) is 4.20. The zero-order valence-corrected chi connectivity index (χ0v) is 15.3. The minimum atomic E-state index is -0.0220. The first-order valence-electron chi connectivity index (χ1n) is 8.99. The van der Waals surface area contributed by atoms with Gasteiger partial charge in [0.05, 0.1) is 12.8 Å². The van der Waals surface area contributed by atoms with Crippen LogP contribution in [-0.2, 0) is 4.79 Å². The van der Waals surface area contributed by atoms with Crippen LogP contribution in [0.3, 0.4) is 0 Å². The Balaban J connectivity index is 1.47. The lowest BCUT2D eigenvalue weighted by atomic mass is 10.1. The molecule has 1 amide bonds. The van der Waals surface area contributed by atoms with Crippen molar-refractivity contribution in [2.75, 3.05) is 12.4 Å². The van der Waals surface area contributed by atoms with Gasteiger partial charge in [-0.15, -0.1) is 0 Å². The van der Waals surface area contributed by atoms with Crippen molar-refractivity contribution in [1.29, 1.82) is 0 Å². The highest BCUT2D eigenvalue weighted by atomic mass is 16.5. The van der Waals surface area contributed by atoms with Gasteiger partial charge in [-0.05, 0) is 49.1 Å². The Morgan fingerprint density at radius 2 is 2.00 bits per heavy atom. The fourth-order valence-electron chi connectivity index (χ4n) is 3.41. The minimum Gasteiger partial charge on any atom is -0.496 e. The summed E-state index contributed by atoms with van der Waals surface area (Å²) < 4.78 is 5.42. The third-order valence-corrected chi connectivity index (χ3v) is 4.87. The van der Waals surface area contributed by atoms with E-state index in [2.05, 4.69) is 15.3 Å². The number of para-hydroxylation sites is 1. The van der Waals surface area contributed by atoms with Crippen molar-refractivity contribution in [3.8, 4) is 17.0 Å². The van der Waals surface area contributed by atoms with Crippen molar-refractivity contribution < 1.29 is 9.53 Å². The van der Waals surface area contributed by atoms with Gasteiger partial charge in [-0.2, -0.15) is 0 Å². The molecule has 2 aromatic carbocycles. The predicted molar refractivity (Wildman–Crippen MR) is 105 cm³/mol. The molecule has 1 N–H and O–H groups in total. The molecule has 1 fully saturated rings. The number of benzene rings is 2. The molecule has 0 saturated heterocycles. The van der Waals surface area contributed by atoms with Gasteiger partial charge in [0, 0.05) is 23.4 Å². The molecule has 27 heavy (non-hydrogen) atoms. The summed E-state index contributed by atoms with van der Waals surface area (Å²) >= 11 is 0. The van der Waals surface area contributed by atoms with Crippen LogP contribution in [0, 0.1) is 12.8 Å². The number of aryl methyl sites for hydroxylation is 1. The average Bonchev–Trinajstić information content (AvgIpc) is 3.49. The second-order valence-corrected chi connectivity index (χ2v) is 6.75. The topological polar surface area (TPSA) is 64.1 Å². The van der Waals surface area contributed by atoms with Gasteiger partial charge >= 0.3 is 0 Å². The molecule has 1 heterocycles. The van der Waals surface area contributed by atoms with Crippen LogP contribution >= 0.6 is 0 Å². The fraction of sp³-hybridized carbons (Fsp3) is 0.227. The highest BCUT2D eigenvalue weighted by molar-refractivity contribution is 5.95. The highest BCUT2D eigenvalue weighted by Gasteiger charge is 2.45. The molecular formula is C22H21N3O2. The zero-order chi connectivity index (χ0) is 18.8. The van der Waals surface area contributed by atoms with Gasteiger partial charge in [0.25, 0.3) is 0 Å². The summed E-state index contributed by atoms with van der Waals surface area (Å²) in [5, 5.41) is 3.04. The van der Waals surface area contributed by atoms with E-state index in [0.717, 1.165) is 40.5 Å². The van der Waals surface area contributed by atoms with E-state index in [9.17, 15) is 4.79 Å². The first kappa shape index (κ1) is 17.2. The lowest BCUT2D eigenvalue weighted by molar-refractivity contribution is -0.117. The van der Waals surface area contributed by atoms with Crippen molar-refractivity contribution in [2.45, 2.75) is 19.3 Å². The van der Waals surface area contributed by atoms with E-state index in [-0.39, 0.29) is 17.7 Å². The normalized spacial score (nSPS) is 18.0. The van der Waals surface area contributed by atoms with E-state index in [1.165, 1.54) is 0 Å². The van der Waals surface area contributed by atoms with Crippen LogP contribution in [0.1, 0.15) is 23.7 Å². The maximum atomic E-state index is 12.7. The van der Waals surface area contributed by atoms with Gasteiger partial charge in [0.2, 0.25) is 5.91 Å². The van der Waals surface area contributed by atoms with Crippen molar-refractivity contribution in [3.05, 3.63) is 72.2 Å². The number of nitrogens with zero attached hydrogens (tertiary/aromatic N) is 2. The molecule has 0 spiro atoms. The van der Waals surface area contributed by atoms with Crippen LogP contribution in [0.15, 0.2) is 60.8 Å². The molecule has 5 nitrogen and oxygen atoms in total. The Labute approximate surface area is 158 Å². The second-order valence-electron chi connectivity index (χ2n) is 6.75. The molecule has 0 radical (unpaired) electrons. The SMILES string of the molecule is COc1ccccc1[C@H]1C[C@H]1C(=O)Nc1cccc(-c2ccnc(C)n2)c1. The first-order valence-corrected chi connectivity index (χ1v) is 8.99. The average molecular weight is 359 g/mol. The summed E-state index contributed by atoms with van der Waals surface area (Å²) in [5.41, 5.74) is 3.68. The Bertz CT molecular complexity index is 987. The van der Waals surface area contributed by atoms with Gasteiger partial charge in [0.1, 0.15) is 11.6 Å². The summed E-state index contributed by atoms with van der Waals surface area (Å²) in [5.74, 6) is 1.81. The third kappa shape index (κ3) is 3.67. The molecule has 1 saturated carbocycles. The van der Waals surface area contributed by atoms with Crippen molar-refractivity contribution in [1.82, 2.24) is 9.97 Å². The molecule has 5 heteroatoms. The summed E-state index contributed by atoms with van der Waals surface area (Å²) in [6, 6.07) is 17.5. The second kappa shape index (κ2) is 7.19. The van der Waals surface area contributed by atoms with E-state index in [4.69, 9.17) is 4.74 Å². The molecule has 0 aliphatic heterocycles. The smallest absolute Gasteiger partial charge is 0.228 e. The summed E-state index contributed by atoms with van der Waals surface area (Å²) in [4.78, 5) is 21.3. The quantitative estimate of drug-likeness (QED) is 0.741. The van der Waals surface area contributed by atoms with E-state index >= 15 is 0 Å². The number of carbonyl (C=O) groups is 1. The Morgan fingerprint density at radius 3 is 2.81 bits per heavy atom. The Morgan fingerprint density at radius 1 is 1.15 bits per heavy atom. The van der Waals surface area contributed by atoms with Crippen LogP contribution in [0.4, 0.5) is 5.69 Å². The van der Waals surface area contributed by atoms with Crippen molar-refractivity contribution in [3.63, 3.8) is 0 Å². The molecule has 3 aromatic rings. The molecule has 4 rings (SSSR count). The van der Waals surface area contributed by atoms with Gasteiger partial charge in [-0.1, -0.05) is 30.3 Å². The number of rotatable bonds is 5. The van der Waals surface area contributed by atoms with E-state index in [1.807, 2.05) is 61.5 Å². The molecule has 1 aliphatic rings. The molecular weight excluding hydrogens is 338 g/mol. The maximum Gasteiger partial charge on any atom is 0.228 e. The van der Waals surface area contributed by atoms with Crippen LogP contribution in [-0.4, -0.2) is 23.0 Å². The highest BCUT2D eigenvalue weighted by Crippen LogP contribution is 2.50. The van der Waals surface area contributed by atoms with Crippen molar-refractivity contribution >= 4 is 11.6 Å². The number of nitrogens with one attached hydrogen (secondary N) is 1. The zero-order valence-electron chi connectivity index (χ0n) is 15.3. The number of aromatic nitrogens is 2. The number of hydrogen-bond donors (Lipinski definition) is 1. The molecule has 136 valence electrons. The number of ether oxygens (including phenoxy) is 1. The number of carbonyl (C=O) groups excluding carboxylic acids is 1. The summed E-state index contributed by atoms with van der Waals surface area (Å²) in [6.45, 7) is 1.86. The van der Waals surface area contributed by atoms with Gasteiger partial charge in [0.15, 0.2) is 0 Å². The van der Waals surface area contributed by atoms with Crippen LogP contribution in [0.5, 0.6) is 5.75 Å². The molecule has 1 aliphatic carbocycles. The van der Waals surface area contributed by atoms with Crippen LogP contribution in [0.2, 0.25) is 0 Å². The van der Waals surface area contributed by atoms with Gasteiger partial charge in [-0.25, -0.2) is 9.97 Å². The fourth-order valence-corrected chi connectivity index (χ4v) is 3.41. The Hall–Kier alpha value is -3.21. The number of anilines is 1. The molecule has 0 bridgehead atoms. The summed E-state index contributed by atoms with van der Waals surface area (Å²) in [7, 11) is 1.66. The van der Waals surface area contributed by atoms with Crippen LogP contribution in [0.25, 0.3) is 11.3 Å². The van der Waals surface area contributed by atoms with Crippen molar-refractivity contribution in [2.24, 2.45) is 5.92 Å². The van der Waals surface area contributed by atoms with Gasteiger partial charge in [-0.3, -0.25) is 4.79 Å². The molecule has 2 atom stereocenters.